The maximum atomic E-state index is 11.9. The van der Waals surface area contributed by atoms with Gasteiger partial charge in [-0.3, -0.25) is 0 Å². The van der Waals surface area contributed by atoms with Gasteiger partial charge in [-0.2, -0.15) is 9.81 Å². The van der Waals surface area contributed by atoms with Crippen LogP contribution in [0.15, 0.2) is 22.7 Å². The van der Waals surface area contributed by atoms with E-state index in [1.165, 1.54) is 42.3 Å². The van der Waals surface area contributed by atoms with Crippen LogP contribution in [0, 0.1) is 43.9 Å². The quantitative estimate of drug-likeness (QED) is 0.171. The Labute approximate surface area is 203 Å². The summed E-state index contributed by atoms with van der Waals surface area (Å²) in [6, 6.07) is -3.56. The average molecular weight is 519 g/mol. The Morgan fingerprint density at radius 2 is 1.53 bits per heavy atom. The van der Waals surface area contributed by atoms with E-state index < -0.39 is 49.6 Å². The maximum absolute atomic E-state index is 11.9. The van der Waals surface area contributed by atoms with Crippen molar-refractivity contribution in [2.75, 3.05) is 0 Å². The normalized spacial score (nSPS) is 16.3. The van der Waals surface area contributed by atoms with E-state index in [2.05, 4.69) is 20.3 Å². The molecule has 16 heteroatoms. The highest BCUT2D eigenvalue weighted by Crippen LogP contribution is 2.42. The molecule has 0 aliphatic carbocycles. The monoisotopic (exact) mass is 518 g/mol. The SMILES string of the molecule is Cc1cnc([N+](=O)[O-])n1CC(N=O)C(C)(Cl)CC(C(N=O)C(C)(C)Cl)n1c(C)cnc1[N+](=O)[O-]. The van der Waals surface area contributed by atoms with Crippen molar-refractivity contribution in [3.8, 4) is 0 Å². The highest BCUT2D eigenvalue weighted by Gasteiger charge is 2.48. The molecular weight excluding hydrogens is 495 g/mol. The minimum Gasteiger partial charge on any atom is -0.390 e. The molecule has 0 bridgehead atoms. The molecule has 2 heterocycles. The molecule has 0 N–H and O–H groups in total. The van der Waals surface area contributed by atoms with Gasteiger partial charge in [-0.15, -0.1) is 23.2 Å². The second kappa shape index (κ2) is 10.1. The van der Waals surface area contributed by atoms with Crippen LogP contribution in [0.25, 0.3) is 0 Å². The molecule has 0 spiro atoms. The zero-order valence-corrected chi connectivity index (χ0v) is 20.6. The van der Waals surface area contributed by atoms with Crippen molar-refractivity contribution in [3.63, 3.8) is 0 Å². The first-order valence-corrected chi connectivity index (χ1v) is 10.8. The molecule has 186 valence electrons. The number of nitrogens with zero attached hydrogens (tertiary/aromatic N) is 8. The number of alkyl halides is 2. The lowest BCUT2D eigenvalue weighted by molar-refractivity contribution is -0.397. The molecule has 0 aromatic carbocycles. The molecular formula is C18H24Cl2N8O6. The van der Waals surface area contributed by atoms with Gasteiger partial charge in [0.2, 0.25) is 0 Å². The molecule has 2 aromatic heterocycles. The van der Waals surface area contributed by atoms with Crippen LogP contribution in [0.5, 0.6) is 0 Å². The standard InChI is InChI=1S/C18H24Cl2N8O6/c1-10-7-21-15(27(31)32)25(10)9-13(23-29)18(5,20)6-12(14(24-30)17(3,4)19)26-11(2)8-22-16(26)28(33)34/h7-8,12-14H,6,9H2,1-5H3. The number of aromatic nitrogens is 4. The fourth-order valence-electron chi connectivity index (χ4n) is 3.85. The van der Waals surface area contributed by atoms with E-state index in [1.807, 2.05) is 0 Å². The molecule has 14 nitrogen and oxygen atoms in total. The summed E-state index contributed by atoms with van der Waals surface area (Å²) in [6.45, 7) is 7.32. The predicted octanol–water partition coefficient (Wildman–Crippen LogP) is 4.43. The number of rotatable bonds is 12. The van der Waals surface area contributed by atoms with Gasteiger partial charge in [0.1, 0.15) is 41.9 Å². The summed E-state index contributed by atoms with van der Waals surface area (Å²) in [4.78, 5) is 49.9. The van der Waals surface area contributed by atoms with Gasteiger partial charge in [0, 0.05) is 6.42 Å². The van der Waals surface area contributed by atoms with Gasteiger partial charge < -0.3 is 20.2 Å². The van der Waals surface area contributed by atoms with Crippen molar-refractivity contribution in [3.05, 3.63) is 53.8 Å². The molecule has 2 rings (SSSR count). The van der Waals surface area contributed by atoms with E-state index in [1.54, 1.807) is 13.8 Å². The molecule has 2 aromatic rings. The van der Waals surface area contributed by atoms with Crippen LogP contribution in [0.2, 0.25) is 0 Å². The van der Waals surface area contributed by atoms with Crippen LogP contribution in [0.4, 0.5) is 11.9 Å². The van der Waals surface area contributed by atoms with Crippen molar-refractivity contribution in [1.29, 1.82) is 0 Å². The third-order valence-corrected chi connectivity index (χ3v) is 6.25. The van der Waals surface area contributed by atoms with Gasteiger partial charge in [0.15, 0.2) is 0 Å². The van der Waals surface area contributed by atoms with Gasteiger partial charge in [0.05, 0.1) is 16.3 Å². The van der Waals surface area contributed by atoms with E-state index in [4.69, 9.17) is 23.2 Å². The number of imidazole rings is 2. The fourth-order valence-corrected chi connectivity index (χ4v) is 4.30. The Morgan fingerprint density at radius 3 is 2.00 bits per heavy atom. The molecule has 4 atom stereocenters. The summed E-state index contributed by atoms with van der Waals surface area (Å²) < 4.78 is 2.39. The van der Waals surface area contributed by atoms with Crippen LogP contribution < -0.4 is 0 Å². The van der Waals surface area contributed by atoms with Crippen molar-refractivity contribution in [2.24, 2.45) is 10.4 Å². The van der Waals surface area contributed by atoms with Gasteiger partial charge >= 0.3 is 11.9 Å². The van der Waals surface area contributed by atoms with E-state index in [9.17, 15) is 30.0 Å². The lowest BCUT2D eigenvalue weighted by Gasteiger charge is -2.35. The minimum atomic E-state index is -1.54. The summed E-state index contributed by atoms with van der Waals surface area (Å²) >= 11 is 13.2. The topological polar surface area (TPSA) is 181 Å². The number of nitroso groups, excluding NO2 is 2. The average Bonchev–Trinajstić information content (AvgIpc) is 3.27. The second-order valence-electron chi connectivity index (χ2n) is 8.68. The summed E-state index contributed by atoms with van der Waals surface area (Å²) in [5, 5.41) is 29.1. The van der Waals surface area contributed by atoms with Crippen molar-refractivity contribution < 1.29 is 9.85 Å². The Kier molecular flexibility index (Phi) is 8.09. The van der Waals surface area contributed by atoms with Crippen molar-refractivity contribution >= 4 is 35.1 Å². The number of halogens is 2. The lowest BCUT2D eigenvalue weighted by atomic mass is 9.85. The summed E-state index contributed by atoms with van der Waals surface area (Å²) in [5.74, 6) is -1.05. The van der Waals surface area contributed by atoms with Crippen molar-refractivity contribution in [2.45, 2.75) is 75.5 Å². The predicted molar refractivity (Wildman–Crippen MR) is 124 cm³/mol. The van der Waals surface area contributed by atoms with Gasteiger partial charge in [-0.25, -0.2) is 9.13 Å². The van der Waals surface area contributed by atoms with Gasteiger partial charge in [-0.05, 0) is 44.5 Å². The van der Waals surface area contributed by atoms with Crippen LogP contribution in [0.3, 0.4) is 0 Å². The third kappa shape index (κ3) is 5.55. The summed E-state index contributed by atoms with van der Waals surface area (Å²) in [7, 11) is 0. The Hall–Kier alpha value is -3.00. The fraction of sp³-hybridized carbons (Fsp3) is 0.667. The Balaban J connectivity index is 2.56. The molecule has 0 fully saturated rings. The first-order chi connectivity index (χ1) is 15.7. The number of hydrogen-bond donors (Lipinski definition) is 0. The zero-order chi connectivity index (χ0) is 26.0. The minimum absolute atomic E-state index is 0.225. The zero-order valence-electron chi connectivity index (χ0n) is 19.1. The van der Waals surface area contributed by atoms with Crippen molar-refractivity contribution in [1.82, 2.24) is 19.1 Å². The first-order valence-electron chi connectivity index (χ1n) is 10.0. The lowest BCUT2D eigenvalue weighted by Crippen LogP contribution is -2.44. The van der Waals surface area contributed by atoms with Crippen LogP contribution in [-0.2, 0) is 6.54 Å². The number of hydrogen-bond acceptors (Lipinski definition) is 10. The van der Waals surface area contributed by atoms with Crippen LogP contribution in [0.1, 0.15) is 44.6 Å². The number of aryl methyl sites for hydroxylation is 2. The molecule has 0 radical (unpaired) electrons. The Morgan fingerprint density at radius 1 is 1.00 bits per heavy atom. The molecule has 4 unspecified atom stereocenters. The molecule has 0 saturated carbocycles. The molecule has 0 aliphatic heterocycles. The highest BCUT2D eigenvalue weighted by molar-refractivity contribution is 6.24. The smallest absolute Gasteiger partial charge is 0.390 e. The van der Waals surface area contributed by atoms with Crippen LogP contribution >= 0.6 is 23.2 Å². The van der Waals surface area contributed by atoms with Gasteiger partial charge in [0.25, 0.3) is 0 Å². The maximum Gasteiger partial charge on any atom is 0.435 e. The van der Waals surface area contributed by atoms with E-state index in [-0.39, 0.29) is 13.0 Å². The number of nitro groups is 2. The van der Waals surface area contributed by atoms with Gasteiger partial charge in [-0.1, -0.05) is 20.3 Å². The summed E-state index contributed by atoms with van der Waals surface area (Å²) in [5.41, 5.74) is 0.746. The summed E-state index contributed by atoms with van der Waals surface area (Å²) in [6.07, 6.45) is 2.31. The molecule has 0 amide bonds. The largest absolute Gasteiger partial charge is 0.435 e. The highest BCUT2D eigenvalue weighted by atomic mass is 35.5. The molecule has 0 saturated heterocycles. The first kappa shape index (κ1) is 27.2. The Bertz CT molecular complexity index is 1090. The third-order valence-electron chi connectivity index (χ3n) is 5.62. The van der Waals surface area contributed by atoms with E-state index in [0.29, 0.717) is 11.4 Å². The second-order valence-corrected chi connectivity index (χ2v) is 10.5. The van der Waals surface area contributed by atoms with E-state index in [0.717, 1.165) is 0 Å². The molecule has 0 aliphatic rings. The van der Waals surface area contributed by atoms with E-state index >= 15 is 0 Å². The van der Waals surface area contributed by atoms with Crippen LogP contribution in [-0.4, -0.2) is 50.8 Å². The molecule has 34 heavy (non-hydrogen) atoms.